The topological polar surface area (TPSA) is 48.8 Å². The van der Waals surface area contributed by atoms with Gasteiger partial charge in [-0.15, -0.1) is 0 Å². The van der Waals surface area contributed by atoms with Gasteiger partial charge in [-0.25, -0.2) is 0 Å². The number of hydrogen-bond acceptors (Lipinski definition) is 4. The van der Waals surface area contributed by atoms with Crippen molar-refractivity contribution in [1.82, 2.24) is 0 Å². The molecule has 0 fully saturated rings. The summed E-state index contributed by atoms with van der Waals surface area (Å²) in [5, 5.41) is 9.76. The molecule has 4 heteroatoms. The number of anilines is 2. The van der Waals surface area contributed by atoms with Crippen LogP contribution in [0.15, 0.2) is 119 Å². The molecule has 0 aliphatic heterocycles. The molecule has 0 saturated carbocycles. The van der Waals surface area contributed by atoms with Crippen molar-refractivity contribution in [3.8, 4) is 0 Å². The number of para-hydroxylation sites is 2. The summed E-state index contributed by atoms with van der Waals surface area (Å²) in [6.45, 7) is 2.10. The molecule has 4 nitrogen and oxygen atoms in total. The zero-order valence-corrected chi connectivity index (χ0v) is 17.9. The van der Waals surface area contributed by atoms with Crippen LogP contribution in [0.4, 0.5) is 11.4 Å². The minimum absolute atomic E-state index is 0.0829. The van der Waals surface area contributed by atoms with E-state index in [2.05, 4.69) is 66.3 Å². The van der Waals surface area contributed by atoms with Crippen LogP contribution >= 0.6 is 0 Å². The Kier molecular flexibility index (Phi) is 5.50. The van der Waals surface area contributed by atoms with Crippen molar-refractivity contribution in [1.29, 1.82) is 0 Å². The van der Waals surface area contributed by atoms with Gasteiger partial charge < -0.3 is 0 Å². The van der Waals surface area contributed by atoms with Gasteiger partial charge in [0, 0.05) is 11.1 Å². The fraction of sp³-hybridized carbons (Fsp3) is 0.0714. The van der Waals surface area contributed by atoms with E-state index in [0.29, 0.717) is 0 Å². The molecule has 0 heterocycles. The molecular weight excluding hydrogens is 392 g/mol. The van der Waals surface area contributed by atoms with Gasteiger partial charge in [-0.05, 0) is 36.8 Å². The van der Waals surface area contributed by atoms with Crippen molar-refractivity contribution in [3.63, 3.8) is 0 Å². The maximum atomic E-state index is 4.88. The average Bonchev–Trinajstić information content (AvgIpc) is 3.16. The highest BCUT2D eigenvalue weighted by Crippen LogP contribution is 2.36. The Hall–Kier alpha value is -4.18. The van der Waals surface area contributed by atoms with Crippen molar-refractivity contribution in [3.05, 3.63) is 131 Å². The van der Waals surface area contributed by atoms with E-state index in [4.69, 9.17) is 10.2 Å². The second-order valence-electron chi connectivity index (χ2n) is 7.84. The minimum atomic E-state index is -0.0829. The minimum Gasteiger partial charge on any atom is -0.278 e. The van der Waals surface area contributed by atoms with E-state index in [1.165, 1.54) is 5.56 Å². The number of benzene rings is 4. The van der Waals surface area contributed by atoms with E-state index in [9.17, 15) is 0 Å². The smallest absolute Gasteiger partial charge is 0.0821 e. The lowest BCUT2D eigenvalue weighted by Crippen LogP contribution is -2.17. The van der Waals surface area contributed by atoms with E-state index >= 15 is 0 Å². The Morgan fingerprint density at radius 1 is 0.531 bits per heavy atom. The summed E-state index contributed by atoms with van der Waals surface area (Å²) in [7, 11) is 0. The Balaban J connectivity index is 1.61. The van der Waals surface area contributed by atoms with Crippen molar-refractivity contribution in [2.75, 3.05) is 10.9 Å². The van der Waals surface area contributed by atoms with Crippen molar-refractivity contribution in [2.45, 2.75) is 12.8 Å². The first-order valence-electron chi connectivity index (χ1n) is 10.7. The first-order chi connectivity index (χ1) is 15.8. The number of fused-ring (bicyclic) bond motifs is 1. The van der Waals surface area contributed by atoms with Gasteiger partial charge in [0.1, 0.15) is 0 Å². The molecule has 5 rings (SSSR count). The molecule has 4 aromatic carbocycles. The highest BCUT2D eigenvalue weighted by Gasteiger charge is 2.36. The van der Waals surface area contributed by atoms with E-state index in [-0.39, 0.29) is 5.92 Å². The summed E-state index contributed by atoms with van der Waals surface area (Å²) < 4.78 is 0. The Bertz CT molecular complexity index is 1180. The summed E-state index contributed by atoms with van der Waals surface area (Å²) in [5.41, 5.74) is 14.9. The molecule has 0 saturated heterocycles. The molecule has 0 unspecified atom stereocenters. The zero-order valence-electron chi connectivity index (χ0n) is 17.9. The number of rotatable bonds is 5. The summed E-state index contributed by atoms with van der Waals surface area (Å²) in [6, 6.07) is 37.0. The van der Waals surface area contributed by atoms with Crippen LogP contribution in [0.3, 0.4) is 0 Å². The predicted molar refractivity (Wildman–Crippen MR) is 134 cm³/mol. The van der Waals surface area contributed by atoms with Crippen molar-refractivity contribution >= 4 is 22.8 Å². The number of hydrogen-bond donors (Lipinski definition) is 2. The van der Waals surface area contributed by atoms with Crippen LogP contribution < -0.4 is 10.9 Å². The van der Waals surface area contributed by atoms with Crippen LogP contribution in [0.25, 0.3) is 0 Å². The monoisotopic (exact) mass is 416 g/mol. The quantitative estimate of drug-likeness (QED) is 0.369. The first kappa shape index (κ1) is 19.8. The molecule has 2 N–H and O–H groups in total. The molecule has 0 spiro atoms. The first-order valence-corrected chi connectivity index (χ1v) is 10.7. The maximum Gasteiger partial charge on any atom is 0.0821 e. The van der Waals surface area contributed by atoms with Gasteiger partial charge in [0.2, 0.25) is 0 Å². The highest BCUT2D eigenvalue weighted by atomic mass is 15.3. The molecule has 0 atom stereocenters. The van der Waals surface area contributed by atoms with Crippen LogP contribution in [0.2, 0.25) is 0 Å². The SMILES string of the molecule is Cc1ccc(C2C(=NNc3ccccc3)c3ccccc3C2=NNc2ccccc2)cc1. The molecule has 0 bridgehead atoms. The van der Waals surface area contributed by atoms with Crippen LogP contribution in [-0.4, -0.2) is 11.4 Å². The number of hydrazone groups is 2. The molecule has 1 aliphatic rings. The normalized spacial score (nSPS) is 17.3. The molecule has 32 heavy (non-hydrogen) atoms. The molecular formula is C28H24N4. The fourth-order valence-corrected chi connectivity index (χ4v) is 3.97. The summed E-state index contributed by atoms with van der Waals surface area (Å²) in [4.78, 5) is 0. The third-order valence-corrected chi connectivity index (χ3v) is 5.60. The van der Waals surface area contributed by atoms with Gasteiger partial charge in [-0.2, -0.15) is 10.2 Å². The molecule has 0 amide bonds. The van der Waals surface area contributed by atoms with Crippen LogP contribution in [0.1, 0.15) is 28.2 Å². The van der Waals surface area contributed by atoms with Crippen LogP contribution in [0, 0.1) is 6.92 Å². The standard InChI is InChI=1S/C28H24N4/c1-20-16-18-21(19-17-20)26-27(31-29-22-10-4-2-5-11-22)24-14-8-9-15-25(24)28(26)32-30-23-12-6-3-7-13-23/h2-19,26,29-30H,1H3. The third-order valence-electron chi connectivity index (χ3n) is 5.60. The largest absolute Gasteiger partial charge is 0.278 e. The summed E-state index contributed by atoms with van der Waals surface area (Å²) >= 11 is 0. The van der Waals surface area contributed by atoms with E-state index in [1.807, 2.05) is 60.7 Å². The van der Waals surface area contributed by atoms with Gasteiger partial charge in [0.05, 0.1) is 28.7 Å². The lowest BCUT2D eigenvalue weighted by atomic mass is 9.92. The lowest BCUT2D eigenvalue weighted by Gasteiger charge is -2.15. The second kappa shape index (κ2) is 8.90. The molecule has 0 aromatic heterocycles. The van der Waals surface area contributed by atoms with Crippen molar-refractivity contribution in [2.24, 2.45) is 10.2 Å². The second-order valence-corrected chi connectivity index (χ2v) is 7.84. The van der Waals surface area contributed by atoms with Crippen LogP contribution in [-0.2, 0) is 0 Å². The summed E-state index contributed by atoms with van der Waals surface area (Å²) in [6.07, 6.45) is 0. The molecule has 0 radical (unpaired) electrons. The lowest BCUT2D eigenvalue weighted by molar-refractivity contribution is 1.16. The fourth-order valence-electron chi connectivity index (χ4n) is 3.97. The predicted octanol–water partition coefficient (Wildman–Crippen LogP) is 6.42. The number of nitrogens with zero attached hydrogens (tertiary/aromatic N) is 2. The molecule has 156 valence electrons. The van der Waals surface area contributed by atoms with E-state index in [1.54, 1.807) is 0 Å². The van der Waals surface area contributed by atoms with Gasteiger partial charge in [0.15, 0.2) is 0 Å². The van der Waals surface area contributed by atoms with Gasteiger partial charge >= 0.3 is 0 Å². The summed E-state index contributed by atoms with van der Waals surface area (Å²) in [5.74, 6) is -0.0829. The highest BCUT2D eigenvalue weighted by molar-refractivity contribution is 6.33. The molecule has 1 aliphatic carbocycles. The average molecular weight is 417 g/mol. The van der Waals surface area contributed by atoms with Gasteiger partial charge in [-0.3, -0.25) is 10.9 Å². The van der Waals surface area contributed by atoms with Gasteiger partial charge in [0.25, 0.3) is 0 Å². The number of aryl methyl sites for hydroxylation is 1. The zero-order chi connectivity index (χ0) is 21.8. The Labute approximate surface area is 188 Å². The van der Waals surface area contributed by atoms with Gasteiger partial charge in [-0.1, -0.05) is 90.5 Å². The maximum absolute atomic E-state index is 4.88. The number of nitrogens with one attached hydrogen (secondary N) is 2. The Morgan fingerprint density at radius 3 is 1.44 bits per heavy atom. The van der Waals surface area contributed by atoms with E-state index < -0.39 is 0 Å². The van der Waals surface area contributed by atoms with Crippen molar-refractivity contribution < 1.29 is 0 Å². The molecule has 4 aromatic rings. The third kappa shape index (κ3) is 4.03. The Morgan fingerprint density at radius 2 is 0.969 bits per heavy atom. The van der Waals surface area contributed by atoms with Crippen LogP contribution in [0.5, 0.6) is 0 Å². The van der Waals surface area contributed by atoms with E-state index in [0.717, 1.165) is 39.5 Å².